The molecule has 8 nitrogen and oxygen atoms in total. The van der Waals surface area contributed by atoms with E-state index in [0.29, 0.717) is 5.13 Å². The number of carbonyl (C=O) groups is 2. The lowest BCUT2D eigenvalue weighted by atomic mass is 10.1. The van der Waals surface area contributed by atoms with E-state index in [0.717, 1.165) is 22.9 Å². The highest BCUT2D eigenvalue weighted by molar-refractivity contribution is 7.14. The van der Waals surface area contributed by atoms with Crippen LogP contribution in [0.15, 0.2) is 53.9 Å². The Morgan fingerprint density at radius 1 is 1.17 bits per heavy atom. The molecule has 9 heteroatoms. The van der Waals surface area contributed by atoms with Crippen LogP contribution in [0.1, 0.15) is 22.8 Å². The third-order valence-electron chi connectivity index (χ3n) is 4.14. The number of benzene rings is 2. The molecule has 0 radical (unpaired) electrons. The van der Waals surface area contributed by atoms with Gasteiger partial charge in [-0.25, -0.2) is 4.98 Å². The van der Waals surface area contributed by atoms with Gasteiger partial charge in [-0.2, -0.15) is 0 Å². The van der Waals surface area contributed by atoms with Crippen LogP contribution in [0.25, 0.3) is 11.3 Å². The van der Waals surface area contributed by atoms with Gasteiger partial charge < -0.3 is 10.6 Å². The first-order valence-electron chi connectivity index (χ1n) is 8.72. The van der Waals surface area contributed by atoms with Crippen LogP contribution >= 0.6 is 11.3 Å². The first-order chi connectivity index (χ1) is 13.8. The number of carbonyl (C=O) groups excluding carboxylic acids is 2. The number of nitrogens with zero attached hydrogens (tertiary/aromatic N) is 2. The molecule has 0 aliphatic carbocycles. The zero-order valence-corrected chi connectivity index (χ0v) is 16.5. The lowest BCUT2D eigenvalue weighted by molar-refractivity contribution is -0.384. The Labute approximate surface area is 170 Å². The normalized spacial score (nSPS) is 11.5. The zero-order chi connectivity index (χ0) is 21.0. The van der Waals surface area contributed by atoms with E-state index in [4.69, 9.17) is 0 Å². The fourth-order valence-electron chi connectivity index (χ4n) is 2.51. The molecule has 148 valence electrons. The number of aryl methyl sites for hydroxylation is 1. The van der Waals surface area contributed by atoms with Crippen molar-refractivity contribution in [1.82, 2.24) is 10.3 Å². The van der Waals surface area contributed by atoms with Crippen LogP contribution in [0.5, 0.6) is 0 Å². The van der Waals surface area contributed by atoms with E-state index in [1.807, 2.05) is 36.6 Å². The van der Waals surface area contributed by atoms with Gasteiger partial charge in [0.15, 0.2) is 5.13 Å². The van der Waals surface area contributed by atoms with Gasteiger partial charge >= 0.3 is 0 Å². The minimum atomic E-state index is -0.853. The molecule has 0 aliphatic heterocycles. The van der Waals surface area contributed by atoms with Gasteiger partial charge in [0.2, 0.25) is 5.91 Å². The molecule has 1 aromatic heterocycles. The second-order valence-electron chi connectivity index (χ2n) is 6.40. The SMILES string of the molecule is Cc1ccc(-c2csc(NC(=O)C(C)NC(=O)c3cccc([N+](=O)[O-])c3)n2)cc1. The van der Waals surface area contributed by atoms with Gasteiger partial charge in [-0.05, 0) is 19.9 Å². The van der Waals surface area contributed by atoms with Crippen molar-refractivity contribution in [2.75, 3.05) is 5.32 Å². The van der Waals surface area contributed by atoms with Crippen LogP contribution in [0, 0.1) is 17.0 Å². The Hall–Kier alpha value is -3.59. The molecular weight excluding hydrogens is 392 g/mol. The molecule has 2 aromatic carbocycles. The molecule has 1 atom stereocenters. The Kier molecular flexibility index (Phi) is 5.99. The van der Waals surface area contributed by atoms with Crippen molar-refractivity contribution in [2.24, 2.45) is 0 Å². The highest BCUT2D eigenvalue weighted by atomic mass is 32.1. The minimum absolute atomic E-state index is 0.106. The fourth-order valence-corrected chi connectivity index (χ4v) is 3.23. The first kappa shape index (κ1) is 20.2. The molecule has 1 heterocycles. The third-order valence-corrected chi connectivity index (χ3v) is 4.90. The molecule has 0 saturated heterocycles. The summed E-state index contributed by atoms with van der Waals surface area (Å²) in [5.41, 5.74) is 2.75. The van der Waals surface area contributed by atoms with Crippen molar-refractivity contribution in [3.63, 3.8) is 0 Å². The van der Waals surface area contributed by atoms with Crippen molar-refractivity contribution in [2.45, 2.75) is 19.9 Å². The van der Waals surface area contributed by atoms with E-state index in [9.17, 15) is 19.7 Å². The molecule has 3 rings (SSSR count). The van der Waals surface area contributed by atoms with Crippen LogP contribution in [0.3, 0.4) is 0 Å². The topological polar surface area (TPSA) is 114 Å². The summed E-state index contributed by atoms with van der Waals surface area (Å²) in [5.74, 6) is -1.01. The summed E-state index contributed by atoms with van der Waals surface area (Å²) in [6.45, 7) is 3.53. The molecule has 0 spiro atoms. The number of non-ortho nitro benzene ring substituents is 1. The fraction of sp³-hybridized carbons (Fsp3) is 0.150. The molecule has 3 aromatic rings. The Morgan fingerprint density at radius 3 is 2.59 bits per heavy atom. The number of anilines is 1. The van der Waals surface area contributed by atoms with Crippen molar-refractivity contribution < 1.29 is 14.5 Å². The number of nitro benzene ring substituents is 1. The van der Waals surface area contributed by atoms with Gasteiger partial charge in [-0.15, -0.1) is 11.3 Å². The van der Waals surface area contributed by atoms with Crippen molar-refractivity contribution in [3.05, 3.63) is 75.2 Å². The standard InChI is InChI=1S/C20H18N4O4S/c1-12-6-8-14(9-7-12)17-11-29-20(22-17)23-18(25)13(2)21-19(26)15-4-3-5-16(10-15)24(27)28/h3-11,13H,1-2H3,(H,21,26)(H,22,23,25). The average molecular weight is 410 g/mol. The van der Waals surface area contributed by atoms with Crippen LogP contribution in [-0.4, -0.2) is 27.8 Å². The number of thiazole rings is 1. The second-order valence-corrected chi connectivity index (χ2v) is 7.25. The van der Waals surface area contributed by atoms with Crippen LogP contribution in [0.4, 0.5) is 10.8 Å². The molecule has 0 fully saturated rings. The first-order valence-corrected chi connectivity index (χ1v) is 9.60. The number of amides is 2. The van der Waals surface area contributed by atoms with E-state index >= 15 is 0 Å². The van der Waals surface area contributed by atoms with Crippen molar-refractivity contribution >= 4 is 34.0 Å². The maximum absolute atomic E-state index is 12.4. The van der Waals surface area contributed by atoms with Crippen molar-refractivity contribution in [1.29, 1.82) is 0 Å². The number of hydrogen-bond acceptors (Lipinski definition) is 6. The lowest BCUT2D eigenvalue weighted by Gasteiger charge is -2.13. The summed E-state index contributed by atoms with van der Waals surface area (Å²) < 4.78 is 0. The van der Waals surface area contributed by atoms with Gasteiger partial charge in [0.1, 0.15) is 6.04 Å². The van der Waals surface area contributed by atoms with E-state index in [2.05, 4.69) is 15.6 Å². The second kappa shape index (κ2) is 8.61. The molecule has 0 bridgehead atoms. The summed E-state index contributed by atoms with van der Waals surface area (Å²) in [6, 6.07) is 12.3. The smallest absolute Gasteiger partial charge is 0.270 e. The monoisotopic (exact) mass is 410 g/mol. The highest BCUT2D eigenvalue weighted by Crippen LogP contribution is 2.25. The van der Waals surface area contributed by atoms with Crippen LogP contribution in [0.2, 0.25) is 0 Å². The minimum Gasteiger partial charge on any atom is -0.341 e. The van der Waals surface area contributed by atoms with E-state index < -0.39 is 22.8 Å². The summed E-state index contributed by atoms with van der Waals surface area (Å²) in [4.78, 5) is 39.3. The zero-order valence-electron chi connectivity index (χ0n) is 15.7. The average Bonchev–Trinajstić information content (AvgIpc) is 3.16. The summed E-state index contributed by atoms with van der Waals surface area (Å²) in [5, 5.41) is 18.3. The maximum atomic E-state index is 12.4. The molecule has 1 unspecified atom stereocenters. The molecular formula is C20H18N4O4S. The van der Waals surface area contributed by atoms with Gasteiger partial charge in [0, 0.05) is 28.6 Å². The number of aromatic nitrogens is 1. The van der Waals surface area contributed by atoms with Crippen LogP contribution < -0.4 is 10.6 Å². The van der Waals surface area contributed by atoms with Gasteiger partial charge in [-0.3, -0.25) is 19.7 Å². The predicted octanol–water partition coefficient (Wildman–Crippen LogP) is 3.78. The number of nitrogens with one attached hydrogen (secondary N) is 2. The predicted molar refractivity (Wildman–Crippen MR) is 111 cm³/mol. The molecule has 29 heavy (non-hydrogen) atoms. The van der Waals surface area contributed by atoms with E-state index in [1.165, 1.54) is 36.5 Å². The molecule has 2 N–H and O–H groups in total. The largest absolute Gasteiger partial charge is 0.341 e. The molecule has 0 aliphatic rings. The van der Waals surface area contributed by atoms with Gasteiger partial charge in [0.25, 0.3) is 11.6 Å². The Balaban J connectivity index is 1.62. The van der Waals surface area contributed by atoms with E-state index in [-0.39, 0.29) is 11.3 Å². The number of hydrogen-bond donors (Lipinski definition) is 2. The lowest BCUT2D eigenvalue weighted by Crippen LogP contribution is -2.41. The molecule has 2 amide bonds. The van der Waals surface area contributed by atoms with Crippen LogP contribution in [-0.2, 0) is 4.79 Å². The highest BCUT2D eigenvalue weighted by Gasteiger charge is 2.19. The van der Waals surface area contributed by atoms with E-state index in [1.54, 1.807) is 0 Å². The summed E-state index contributed by atoms with van der Waals surface area (Å²) >= 11 is 1.28. The molecule has 0 saturated carbocycles. The summed E-state index contributed by atoms with van der Waals surface area (Å²) in [6.07, 6.45) is 0. The third kappa shape index (κ3) is 5.02. The number of rotatable bonds is 6. The quantitative estimate of drug-likeness (QED) is 0.474. The maximum Gasteiger partial charge on any atom is 0.270 e. The van der Waals surface area contributed by atoms with Crippen molar-refractivity contribution in [3.8, 4) is 11.3 Å². The number of nitro groups is 1. The van der Waals surface area contributed by atoms with Gasteiger partial charge in [-0.1, -0.05) is 35.9 Å². The Bertz CT molecular complexity index is 1060. The van der Waals surface area contributed by atoms with Gasteiger partial charge in [0.05, 0.1) is 10.6 Å². The summed E-state index contributed by atoms with van der Waals surface area (Å²) in [7, 11) is 0. The Morgan fingerprint density at radius 2 is 1.90 bits per heavy atom.